The maximum Gasteiger partial charge on any atom is 0.254 e. The summed E-state index contributed by atoms with van der Waals surface area (Å²) in [4.78, 5) is 16.3. The Labute approximate surface area is 127 Å². The van der Waals surface area contributed by atoms with Gasteiger partial charge in [0.2, 0.25) is 0 Å². The van der Waals surface area contributed by atoms with Crippen LogP contribution in [0.5, 0.6) is 5.75 Å². The second-order valence-corrected chi connectivity index (χ2v) is 5.52. The Hall–Kier alpha value is -1.55. The van der Waals surface area contributed by atoms with Gasteiger partial charge in [-0.2, -0.15) is 0 Å². The van der Waals surface area contributed by atoms with E-state index in [1.54, 1.807) is 4.90 Å². The predicted molar refractivity (Wildman–Crippen MR) is 85.0 cm³/mol. The number of ether oxygens (including phenoxy) is 1. The standard InChI is InChI=1S/C17H26N2O2/c1-4-19(5-2)10-6-12-21-15-8-7-14-9-11-18(3)17(20)16(14)13-15/h7-8,13H,4-6,9-12H2,1-3H3. The third-order valence-electron chi connectivity index (χ3n) is 4.16. The second kappa shape index (κ2) is 7.46. The molecule has 0 fully saturated rings. The van der Waals surface area contributed by atoms with Crippen LogP contribution in [0, 0.1) is 0 Å². The van der Waals surface area contributed by atoms with Gasteiger partial charge in [-0.25, -0.2) is 0 Å². The molecule has 0 N–H and O–H groups in total. The van der Waals surface area contributed by atoms with E-state index in [1.807, 2.05) is 25.2 Å². The maximum atomic E-state index is 12.1. The Morgan fingerprint density at radius 2 is 2.05 bits per heavy atom. The van der Waals surface area contributed by atoms with E-state index in [2.05, 4.69) is 18.7 Å². The van der Waals surface area contributed by atoms with Crippen molar-refractivity contribution < 1.29 is 9.53 Å². The summed E-state index contributed by atoms with van der Waals surface area (Å²) in [6.07, 6.45) is 1.94. The highest BCUT2D eigenvalue weighted by atomic mass is 16.5. The Morgan fingerprint density at radius 1 is 1.29 bits per heavy atom. The zero-order chi connectivity index (χ0) is 15.2. The summed E-state index contributed by atoms with van der Waals surface area (Å²) in [5, 5.41) is 0. The number of likely N-dealkylation sites (N-methyl/N-ethyl adjacent to an activating group) is 1. The molecule has 4 heteroatoms. The Bertz CT molecular complexity index is 484. The molecule has 1 aliphatic heterocycles. The van der Waals surface area contributed by atoms with Crippen molar-refractivity contribution in [2.75, 3.05) is 39.8 Å². The van der Waals surface area contributed by atoms with E-state index in [0.29, 0.717) is 6.61 Å². The SMILES string of the molecule is CCN(CC)CCCOc1ccc2c(c1)C(=O)N(C)CC2. The minimum Gasteiger partial charge on any atom is -0.494 e. The third kappa shape index (κ3) is 3.97. The first-order valence-electron chi connectivity index (χ1n) is 7.89. The van der Waals surface area contributed by atoms with E-state index < -0.39 is 0 Å². The predicted octanol–water partition coefficient (Wildman–Crippen LogP) is 2.43. The Kier molecular flexibility index (Phi) is 5.62. The first-order chi connectivity index (χ1) is 10.2. The highest BCUT2D eigenvalue weighted by Gasteiger charge is 2.21. The number of carbonyl (C=O) groups excluding carboxylic acids is 1. The first kappa shape index (κ1) is 15.8. The summed E-state index contributed by atoms with van der Waals surface area (Å²) < 4.78 is 5.80. The molecule has 0 unspecified atom stereocenters. The lowest BCUT2D eigenvalue weighted by Crippen LogP contribution is -2.34. The molecule has 2 rings (SSSR count). The van der Waals surface area contributed by atoms with Gasteiger partial charge in [0, 0.05) is 25.7 Å². The van der Waals surface area contributed by atoms with Crippen LogP contribution in [-0.2, 0) is 6.42 Å². The number of benzene rings is 1. The minimum absolute atomic E-state index is 0.102. The second-order valence-electron chi connectivity index (χ2n) is 5.52. The number of carbonyl (C=O) groups is 1. The summed E-state index contributed by atoms with van der Waals surface area (Å²) in [6.45, 7) is 9.06. The molecule has 1 aliphatic rings. The van der Waals surface area contributed by atoms with Crippen LogP contribution < -0.4 is 4.74 Å². The Balaban J connectivity index is 1.89. The first-order valence-corrected chi connectivity index (χ1v) is 7.89. The van der Waals surface area contributed by atoms with Crippen molar-refractivity contribution in [3.63, 3.8) is 0 Å². The highest BCUT2D eigenvalue weighted by molar-refractivity contribution is 5.97. The minimum atomic E-state index is 0.102. The van der Waals surface area contributed by atoms with Crippen molar-refractivity contribution in [1.29, 1.82) is 0 Å². The highest BCUT2D eigenvalue weighted by Crippen LogP contribution is 2.23. The molecule has 0 bridgehead atoms. The van der Waals surface area contributed by atoms with Crippen molar-refractivity contribution in [3.8, 4) is 5.75 Å². The van der Waals surface area contributed by atoms with Gasteiger partial charge in [-0.1, -0.05) is 19.9 Å². The summed E-state index contributed by atoms with van der Waals surface area (Å²) in [7, 11) is 1.85. The van der Waals surface area contributed by atoms with Gasteiger partial charge in [-0.3, -0.25) is 4.79 Å². The van der Waals surface area contributed by atoms with Crippen LogP contribution in [0.25, 0.3) is 0 Å². The number of hydrogen-bond donors (Lipinski definition) is 0. The Morgan fingerprint density at radius 3 is 2.76 bits per heavy atom. The fraction of sp³-hybridized carbons (Fsp3) is 0.588. The molecule has 1 aromatic carbocycles. The number of hydrogen-bond acceptors (Lipinski definition) is 3. The van der Waals surface area contributed by atoms with Crippen LogP contribution in [0.1, 0.15) is 36.2 Å². The molecule has 0 spiro atoms. The monoisotopic (exact) mass is 290 g/mol. The molecule has 0 aliphatic carbocycles. The summed E-state index contributed by atoms with van der Waals surface area (Å²) >= 11 is 0. The van der Waals surface area contributed by atoms with Gasteiger partial charge in [-0.15, -0.1) is 0 Å². The normalized spacial score (nSPS) is 14.5. The molecule has 1 amide bonds. The lowest BCUT2D eigenvalue weighted by atomic mass is 9.99. The molecule has 0 atom stereocenters. The molecule has 1 aromatic rings. The van der Waals surface area contributed by atoms with Crippen molar-refractivity contribution in [3.05, 3.63) is 29.3 Å². The quantitative estimate of drug-likeness (QED) is 0.723. The molecular weight excluding hydrogens is 264 g/mol. The number of amides is 1. The van der Waals surface area contributed by atoms with Gasteiger partial charge >= 0.3 is 0 Å². The zero-order valence-electron chi connectivity index (χ0n) is 13.4. The fourth-order valence-electron chi connectivity index (χ4n) is 2.68. The van der Waals surface area contributed by atoms with Gasteiger partial charge in [0.15, 0.2) is 0 Å². The lowest BCUT2D eigenvalue weighted by molar-refractivity contribution is 0.0780. The summed E-state index contributed by atoms with van der Waals surface area (Å²) in [5.41, 5.74) is 1.93. The van der Waals surface area contributed by atoms with E-state index in [-0.39, 0.29) is 5.91 Å². The van der Waals surface area contributed by atoms with Crippen molar-refractivity contribution in [2.45, 2.75) is 26.7 Å². The topological polar surface area (TPSA) is 32.8 Å². The van der Waals surface area contributed by atoms with E-state index in [9.17, 15) is 4.79 Å². The van der Waals surface area contributed by atoms with Crippen LogP contribution in [0.3, 0.4) is 0 Å². The van der Waals surface area contributed by atoms with E-state index in [1.165, 1.54) is 0 Å². The van der Waals surface area contributed by atoms with Gasteiger partial charge in [0.05, 0.1) is 6.61 Å². The molecule has 0 aromatic heterocycles. The fourth-order valence-corrected chi connectivity index (χ4v) is 2.68. The van der Waals surface area contributed by atoms with E-state index in [0.717, 1.165) is 55.9 Å². The van der Waals surface area contributed by atoms with Crippen LogP contribution in [0.2, 0.25) is 0 Å². The number of fused-ring (bicyclic) bond motifs is 1. The summed E-state index contributed by atoms with van der Waals surface area (Å²) in [6, 6.07) is 5.90. The molecule has 0 radical (unpaired) electrons. The van der Waals surface area contributed by atoms with Crippen LogP contribution in [-0.4, -0.2) is 55.5 Å². The molecule has 116 valence electrons. The van der Waals surface area contributed by atoms with Gasteiger partial charge in [0.25, 0.3) is 5.91 Å². The largest absolute Gasteiger partial charge is 0.494 e. The van der Waals surface area contributed by atoms with Crippen molar-refractivity contribution in [1.82, 2.24) is 9.80 Å². The number of rotatable bonds is 7. The van der Waals surface area contributed by atoms with Crippen LogP contribution >= 0.6 is 0 Å². The lowest BCUT2D eigenvalue weighted by Gasteiger charge is -2.25. The van der Waals surface area contributed by atoms with Crippen LogP contribution in [0.15, 0.2) is 18.2 Å². The average molecular weight is 290 g/mol. The average Bonchev–Trinajstić information content (AvgIpc) is 2.51. The van der Waals surface area contributed by atoms with Gasteiger partial charge in [0.1, 0.15) is 5.75 Å². The summed E-state index contributed by atoms with van der Waals surface area (Å²) in [5.74, 6) is 0.904. The van der Waals surface area contributed by atoms with Crippen LogP contribution in [0.4, 0.5) is 0 Å². The molecule has 21 heavy (non-hydrogen) atoms. The molecular formula is C17H26N2O2. The molecule has 0 saturated carbocycles. The van der Waals surface area contributed by atoms with Crippen molar-refractivity contribution >= 4 is 5.91 Å². The van der Waals surface area contributed by atoms with E-state index >= 15 is 0 Å². The molecule has 0 saturated heterocycles. The number of nitrogens with zero attached hydrogens (tertiary/aromatic N) is 2. The van der Waals surface area contributed by atoms with E-state index in [4.69, 9.17) is 4.74 Å². The van der Waals surface area contributed by atoms with Gasteiger partial charge < -0.3 is 14.5 Å². The third-order valence-corrected chi connectivity index (χ3v) is 4.16. The molecule has 4 nitrogen and oxygen atoms in total. The smallest absolute Gasteiger partial charge is 0.254 e. The zero-order valence-corrected chi connectivity index (χ0v) is 13.4. The van der Waals surface area contributed by atoms with Gasteiger partial charge in [-0.05, 0) is 43.6 Å². The maximum absolute atomic E-state index is 12.1. The molecule has 1 heterocycles. The van der Waals surface area contributed by atoms with Crippen molar-refractivity contribution in [2.24, 2.45) is 0 Å².